The van der Waals surface area contributed by atoms with Crippen LogP contribution >= 0.6 is 11.8 Å². The first-order valence-electron chi connectivity index (χ1n) is 10.3. The highest BCUT2D eigenvalue weighted by Crippen LogP contribution is 2.27. The van der Waals surface area contributed by atoms with Crippen LogP contribution < -0.4 is 0 Å². The molecule has 0 amide bonds. The van der Waals surface area contributed by atoms with Crippen molar-refractivity contribution in [1.82, 2.24) is 15.0 Å². The Labute approximate surface area is 187 Å². The molecule has 0 spiro atoms. The van der Waals surface area contributed by atoms with Crippen molar-refractivity contribution in [2.24, 2.45) is 0 Å². The van der Waals surface area contributed by atoms with Gasteiger partial charge in [0.1, 0.15) is 17.5 Å². The Kier molecular flexibility index (Phi) is 9.46. The van der Waals surface area contributed by atoms with Gasteiger partial charge in [0.2, 0.25) is 5.82 Å². The Balaban J connectivity index is 0.000000423. The molecule has 0 N–H and O–H groups in total. The van der Waals surface area contributed by atoms with Crippen molar-refractivity contribution in [3.63, 3.8) is 0 Å². The summed E-state index contributed by atoms with van der Waals surface area (Å²) < 4.78 is 29.8. The minimum absolute atomic E-state index is 0.213. The van der Waals surface area contributed by atoms with E-state index in [1.807, 2.05) is 34.0 Å². The van der Waals surface area contributed by atoms with Gasteiger partial charge in [-0.15, -0.1) is 11.8 Å². The fourth-order valence-electron chi connectivity index (χ4n) is 2.94. The topological polar surface area (TPSA) is 77.7 Å². The molecule has 9 heteroatoms. The van der Waals surface area contributed by atoms with Gasteiger partial charge in [0.05, 0.1) is 6.10 Å². The number of carbonyl (C=O) groups is 1. The van der Waals surface area contributed by atoms with Gasteiger partial charge in [-0.2, -0.15) is 4.98 Å². The van der Waals surface area contributed by atoms with E-state index in [-0.39, 0.29) is 23.6 Å². The monoisotopic (exact) mass is 453 g/mol. The molecule has 172 valence electrons. The molecule has 1 saturated heterocycles. The van der Waals surface area contributed by atoms with Gasteiger partial charge in [-0.1, -0.05) is 5.16 Å². The summed E-state index contributed by atoms with van der Waals surface area (Å²) in [5, 5.41) is 3.96. The van der Waals surface area contributed by atoms with E-state index in [0.717, 1.165) is 25.9 Å². The van der Waals surface area contributed by atoms with Crippen LogP contribution in [0.2, 0.25) is 0 Å². The first-order chi connectivity index (χ1) is 14.6. The summed E-state index contributed by atoms with van der Waals surface area (Å²) in [7, 11) is 2.12. The van der Waals surface area contributed by atoms with E-state index in [0.29, 0.717) is 28.6 Å². The van der Waals surface area contributed by atoms with Crippen molar-refractivity contribution in [2.45, 2.75) is 63.2 Å². The molecule has 2 aromatic rings. The van der Waals surface area contributed by atoms with Crippen molar-refractivity contribution in [1.29, 1.82) is 0 Å². The summed E-state index contributed by atoms with van der Waals surface area (Å²) >= 11 is 1.37. The van der Waals surface area contributed by atoms with Crippen molar-refractivity contribution in [2.75, 3.05) is 26.4 Å². The van der Waals surface area contributed by atoms with E-state index < -0.39 is 0 Å². The molecule has 0 saturated carbocycles. The third-order valence-corrected chi connectivity index (χ3v) is 5.43. The largest absolute Gasteiger partial charge is 0.462 e. The minimum Gasteiger partial charge on any atom is -0.462 e. The fourth-order valence-corrected chi connectivity index (χ4v) is 3.39. The lowest BCUT2D eigenvalue weighted by molar-refractivity contribution is -0.138. The van der Waals surface area contributed by atoms with Crippen LogP contribution in [0.15, 0.2) is 27.6 Å². The molecule has 1 aromatic heterocycles. The molecule has 3 rings (SSSR count). The van der Waals surface area contributed by atoms with Gasteiger partial charge in [0.25, 0.3) is 12.4 Å². The number of nitrogens with zero attached hydrogens (tertiary/aromatic N) is 3. The number of ether oxygens (including phenoxy) is 2. The van der Waals surface area contributed by atoms with Gasteiger partial charge in [0, 0.05) is 23.5 Å². The lowest BCUT2D eigenvalue weighted by Crippen LogP contribution is -2.34. The van der Waals surface area contributed by atoms with Gasteiger partial charge in [-0.05, 0) is 72.0 Å². The third-order valence-electron chi connectivity index (χ3n) is 4.66. The normalized spacial score (nSPS) is 16.4. The van der Waals surface area contributed by atoms with Gasteiger partial charge >= 0.3 is 0 Å². The number of hydrogen-bond donors (Lipinski definition) is 0. The molecule has 7 nitrogen and oxygen atoms in total. The Morgan fingerprint density at radius 2 is 2.00 bits per heavy atom. The highest BCUT2D eigenvalue weighted by molar-refractivity contribution is 7.98. The summed E-state index contributed by atoms with van der Waals surface area (Å²) in [6.45, 7) is 9.90. The number of carbonyl (C=O) groups excluding carboxylic acids is 1. The van der Waals surface area contributed by atoms with Gasteiger partial charge in [-0.3, -0.25) is 4.79 Å². The molecule has 1 aliphatic rings. The van der Waals surface area contributed by atoms with Crippen LogP contribution in [0.3, 0.4) is 0 Å². The number of rotatable bonds is 6. The van der Waals surface area contributed by atoms with Crippen molar-refractivity contribution < 1.29 is 23.2 Å². The number of hydrogen-bond acceptors (Lipinski definition) is 8. The number of halogens is 1. The summed E-state index contributed by atoms with van der Waals surface area (Å²) in [6.07, 6.45) is 3.79. The number of thioether (sulfide) groups is 1. The molecule has 1 atom stereocenters. The zero-order valence-electron chi connectivity index (χ0n) is 19.1. The molecule has 0 radical (unpaired) electrons. The highest BCUT2D eigenvalue weighted by atomic mass is 32.2. The number of likely N-dealkylation sites (tertiary alicyclic amines) is 1. The summed E-state index contributed by atoms with van der Waals surface area (Å²) in [5.74, 6) is 0.538. The second-order valence-electron chi connectivity index (χ2n) is 8.41. The SMILES string of the molecule is CC(C)(C)OC=O.CSc1ccc(-c2noc(C(C)OC3CCN(C)CC3)n2)cc1F. The number of aromatic nitrogens is 2. The van der Waals surface area contributed by atoms with Crippen LogP contribution in [0, 0.1) is 5.82 Å². The maximum absolute atomic E-state index is 13.9. The zero-order chi connectivity index (χ0) is 23.0. The van der Waals surface area contributed by atoms with E-state index in [1.54, 1.807) is 12.1 Å². The predicted molar refractivity (Wildman–Crippen MR) is 118 cm³/mol. The molecule has 1 aromatic carbocycles. The molecule has 1 fully saturated rings. The molecular weight excluding hydrogens is 421 g/mol. The second kappa shape index (κ2) is 11.6. The van der Waals surface area contributed by atoms with Crippen LogP contribution in [-0.2, 0) is 14.3 Å². The molecule has 0 bridgehead atoms. The molecule has 1 unspecified atom stereocenters. The van der Waals surface area contributed by atoms with Crippen LogP contribution in [0.1, 0.15) is 52.5 Å². The lowest BCUT2D eigenvalue weighted by Gasteiger charge is -2.30. The van der Waals surface area contributed by atoms with Gasteiger partial charge in [0.15, 0.2) is 0 Å². The number of benzene rings is 1. The molecule has 2 heterocycles. The van der Waals surface area contributed by atoms with Crippen LogP contribution in [0.25, 0.3) is 11.4 Å². The molecule has 31 heavy (non-hydrogen) atoms. The predicted octanol–water partition coefficient (Wildman–Crippen LogP) is 4.73. The van der Waals surface area contributed by atoms with E-state index in [9.17, 15) is 9.18 Å². The van der Waals surface area contributed by atoms with E-state index in [4.69, 9.17) is 9.26 Å². The van der Waals surface area contributed by atoms with Crippen molar-refractivity contribution in [3.8, 4) is 11.4 Å². The second-order valence-corrected chi connectivity index (χ2v) is 9.26. The maximum Gasteiger partial charge on any atom is 0.293 e. The Hall–Kier alpha value is -1.97. The van der Waals surface area contributed by atoms with Crippen molar-refractivity contribution >= 4 is 18.2 Å². The maximum atomic E-state index is 13.9. The quantitative estimate of drug-likeness (QED) is 0.459. The average molecular weight is 454 g/mol. The first-order valence-corrected chi connectivity index (χ1v) is 11.5. The fraction of sp³-hybridized carbons (Fsp3) is 0.591. The first kappa shape index (κ1) is 25.3. The molecular formula is C22H32FN3O4S. The molecule has 0 aliphatic carbocycles. The third kappa shape index (κ3) is 8.23. The highest BCUT2D eigenvalue weighted by Gasteiger charge is 2.23. The van der Waals surface area contributed by atoms with Crippen LogP contribution in [-0.4, -0.2) is 59.6 Å². The van der Waals surface area contributed by atoms with E-state index in [2.05, 4.69) is 26.8 Å². The van der Waals surface area contributed by atoms with Gasteiger partial charge < -0.3 is 18.9 Å². The zero-order valence-corrected chi connectivity index (χ0v) is 19.9. The summed E-state index contributed by atoms with van der Waals surface area (Å²) in [5.41, 5.74) is 0.286. The van der Waals surface area contributed by atoms with E-state index in [1.165, 1.54) is 17.8 Å². The lowest BCUT2D eigenvalue weighted by atomic mass is 10.1. The summed E-state index contributed by atoms with van der Waals surface area (Å²) in [4.78, 5) is 16.9. The van der Waals surface area contributed by atoms with Gasteiger partial charge in [-0.25, -0.2) is 4.39 Å². The van der Waals surface area contributed by atoms with Crippen LogP contribution in [0.5, 0.6) is 0 Å². The standard InChI is InChI=1S/C17H22FN3O2S.C5H10O2/c1-11(22-13-6-8-21(2)9-7-13)17-19-16(20-23-17)12-4-5-15(24-3)14(18)10-12;1-5(2,3)7-4-6/h4-5,10-11,13H,6-9H2,1-3H3;4H,1-3H3. The number of piperidine rings is 1. The average Bonchev–Trinajstić information content (AvgIpc) is 3.20. The van der Waals surface area contributed by atoms with E-state index >= 15 is 0 Å². The summed E-state index contributed by atoms with van der Waals surface area (Å²) in [6, 6.07) is 4.96. The smallest absolute Gasteiger partial charge is 0.293 e. The molecule has 1 aliphatic heterocycles. The van der Waals surface area contributed by atoms with Crippen molar-refractivity contribution in [3.05, 3.63) is 29.9 Å². The minimum atomic E-state index is -0.318. The Morgan fingerprint density at radius 3 is 2.52 bits per heavy atom. The Bertz CT molecular complexity index is 832. The van der Waals surface area contributed by atoms with Crippen LogP contribution in [0.4, 0.5) is 4.39 Å². The Morgan fingerprint density at radius 1 is 1.32 bits per heavy atom.